The van der Waals surface area contributed by atoms with Gasteiger partial charge in [-0.05, 0) is 28.8 Å². The SMILES string of the molecule is C=C(CN1C(=O)C(NC(=O)OCc2ccccc2)C=C(c2ccccc2)c2ccccc21)NC(C=O)CC(=O)O.CC.CCC. The van der Waals surface area contributed by atoms with E-state index in [0.29, 0.717) is 12.0 Å². The molecule has 0 aliphatic carbocycles. The number of hydrogen-bond donors (Lipinski definition) is 3. The monoisotopic (exact) mass is 613 g/mol. The first-order valence-corrected chi connectivity index (χ1v) is 15.0. The van der Waals surface area contributed by atoms with Crippen molar-refractivity contribution in [3.05, 3.63) is 120 Å². The summed E-state index contributed by atoms with van der Waals surface area (Å²) >= 11 is 0. The van der Waals surface area contributed by atoms with Crippen LogP contribution >= 0.6 is 0 Å². The van der Waals surface area contributed by atoms with E-state index in [-0.39, 0.29) is 18.8 Å². The summed E-state index contributed by atoms with van der Waals surface area (Å²) in [5.74, 6) is -1.61. The molecular formula is C36H43N3O6. The number of carbonyl (C=O) groups excluding carboxylic acids is 3. The third kappa shape index (κ3) is 11.1. The van der Waals surface area contributed by atoms with Crippen LogP contribution in [0.15, 0.2) is 103 Å². The minimum absolute atomic E-state index is 0.0319. The zero-order valence-corrected chi connectivity index (χ0v) is 26.4. The summed E-state index contributed by atoms with van der Waals surface area (Å²) in [5.41, 5.74) is 3.94. The van der Waals surface area contributed by atoms with Crippen molar-refractivity contribution in [2.24, 2.45) is 0 Å². The van der Waals surface area contributed by atoms with Gasteiger partial charge in [0.25, 0.3) is 5.91 Å². The van der Waals surface area contributed by atoms with Crippen LogP contribution in [0.3, 0.4) is 0 Å². The van der Waals surface area contributed by atoms with Gasteiger partial charge in [0.2, 0.25) is 0 Å². The molecule has 238 valence electrons. The second-order valence-corrected chi connectivity index (χ2v) is 9.87. The Bertz CT molecular complexity index is 1440. The maximum Gasteiger partial charge on any atom is 0.408 e. The molecule has 2 amide bonds. The average molecular weight is 614 g/mol. The van der Waals surface area contributed by atoms with Crippen molar-refractivity contribution in [1.29, 1.82) is 0 Å². The molecule has 3 aromatic rings. The number of alkyl carbamates (subject to hydrolysis) is 1. The molecule has 0 fully saturated rings. The number of rotatable bonds is 11. The Kier molecular flexibility index (Phi) is 15.3. The molecule has 0 radical (unpaired) electrons. The highest BCUT2D eigenvalue weighted by Gasteiger charge is 2.32. The smallest absolute Gasteiger partial charge is 0.408 e. The van der Waals surface area contributed by atoms with Crippen molar-refractivity contribution in [3.63, 3.8) is 0 Å². The van der Waals surface area contributed by atoms with Gasteiger partial charge in [-0.3, -0.25) is 9.59 Å². The lowest BCUT2D eigenvalue weighted by atomic mass is 9.95. The molecule has 0 bridgehead atoms. The van der Waals surface area contributed by atoms with Gasteiger partial charge in [0.05, 0.1) is 24.7 Å². The first-order chi connectivity index (χ1) is 21.8. The number of benzene rings is 3. The van der Waals surface area contributed by atoms with E-state index in [4.69, 9.17) is 9.84 Å². The molecule has 1 aliphatic rings. The number of nitrogens with zero attached hydrogens (tertiary/aromatic N) is 1. The predicted octanol–water partition coefficient (Wildman–Crippen LogP) is 6.35. The summed E-state index contributed by atoms with van der Waals surface area (Å²) in [6.07, 6.45) is 2.22. The summed E-state index contributed by atoms with van der Waals surface area (Å²) < 4.78 is 5.38. The lowest BCUT2D eigenvalue weighted by molar-refractivity contribution is -0.138. The maximum atomic E-state index is 13.9. The van der Waals surface area contributed by atoms with Crippen LogP contribution in [0, 0.1) is 0 Å². The molecule has 2 unspecified atom stereocenters. The molecule has 0 spiro atoms. The van der Waals surface area contributed by atoms with Crippen molar-refractivity contribution in [1.82, 2.24) is 10.6 Å². The highest BCUT2D eigenvalue weighted by Crippen LogP contribution is 2.35. The Balaban J connectivity index is 0.00000133. The summed E-state index contributed by atoms with van der Waals surface area (Å²) in [6.45, 7) is 12.1. The molecule has 1 aliphatic heterocycles. The quantitative estimate of drug-likeness (QED) is 0.215. The Morgan fingerprint density at radius 3 is 2.16 bits per heavy atom. The normalized spacial score (nSPS) is 14.0. The summed E-state index contributed by atoms with van der Waals surface area (Å²) in [5, 5.41) is 14.5. The fraction of sp³-hybridized carbons (Fsp3) is 0.278. The van der Waals surface area contributed by atoms with Crippen LogP contribution in [-0.2, 0) is 25.7 Å². The molecule has 4 rings (SSSR count). The van der Waals surface area contributed by atoms with E-state index in [1.54, 1.807) is 18.2 Å². The molecule has 45 heavy (non-hydrogen) atoms. The molecule has 1 heterocycles. The number of aldehydes is 1. The fourth-order valence-electron chi connectivity index (χ4n) is 4.40. The van der Waals surface area contributed by atoms with Crippen LogP contribution in [0.1, 0.15) is 57.2 Å². The number of hydrogen-bond acceptors (Lipinski definition) is 6. The lowest BCUT2D eigenvalue weighted by Gasteiger charge is -2.28. The van der Waals surface area contributed by atoms with E-state index < -0.39 is 36.5 Å². The van der Waals surface area contributed by atoms with E-state index in [1.807, 2.05) is 86.6 Å². The Labute approximate surface area is 265 Å². The van der Waals surface area contributed by atoms with Crippen molar-refractivity contribution in [2.45, 2.75) is 59.2 Å². The lowest BCUT2D eigenvalue weighted by Crippen LogP contribution is -2.49. The summed E-state index contributed by atoms with van der Waals surface area (Å²) in [6, 6.07) is 23.8. The number of aliphatic carboxylic acids is 1. The fourth-order valence-corrected chi connectivity index (χ4v) is 4.40. The van der Waals surface area contributed by atoms with Gasteiger partial charge in [-0.15, -0.1) is 0 Å². The van der Waals surface area contributed by atoms with Crippen molar-refractivity contribution < 1.29 is 29.0 Å². The van der Waals surface area contributed by atoms with Gasteiger partial charge in [0.1, 0.15) is 18.9 Å². The van der Waals surface area contributed by atoms with Crippen LogP contribution in [0.25, 0.3) is 5.57 Å². The largest absolute Gasteiger partial charge is 0.481 e. The van der Waals surface area contributed by atoms with Gasteiger partial charge in [-0.2, -0.15) is 0 Å². The zero-order chi connectivity index (χ0) is 33.2. The van der Waals surface area contributed by atoms with Gasteiger partial charge < -0.3 is 30.2 Å². The molecule has 9 nitrogen and oxygen atoms in total. The highest BCUT2D eigenvalue weighted by molar-refractivity contribution is 6.07. The second-order valence-electron chi connectivity index (χ2n) is 9.87. The third-order valence-electron chi connectivity index (χ3n) is 6.22. The van der Waals surface area contributed by atoms with Crippen molar-refractivity contribution >= 4 is 35.5 Å². The number of ether oxygens (including phenoxy) is 1. The second kappa shape index (κ2) is 19.2. The van der Waals surface area contributed by atoms with Crippen LogP contribution in [0.4, 0.5) is 10.5 Å². The average Bonchev–Trinajstić information content (AvgIpc) is 3.16. The Morgan fingerprint density at radius 1 is 0.978 bits per heavy atom. The number of carbonyl (C=O) groups is 4. The predicted molar refractivity (Wildman–Crippen MR) is 178 cm³/mol. The number of fused-ring (bicyclic) bond motifs is 1. The van der Waals surface area contributed by atoms with E-state index in [1.165, 1.54) is 11.3 Å². The molecule has 2 atom stereocenters. The number of anilines is 1. The molecule has 3 aromatic carbocycles. The van der Waals surface area contributed by atoms with E-state index >= 15 is 0 Å². The van der Waals surface area contributed by atoms with E-state index in [9.17, 15) is 19.2 Å². The Morgan fingerprint density at radius 2 is 1.56 bits per heavy atom. The van der Waals surface area contributed by atoms with Gasteiger partial charge in [-0.25, -0.2) is 4.79 Å². The van der Waals surface area contributed by atoms with Gasteiger partial charge in [-0.1, -0.05) is 120 Å². The number of para-hydroxylation sites is 1. The van der Waals surface area contributed by atoms with E-state index in [2.05, 4.69) is 31.1 Å². The molecular weight excluding hydrogens is 570 g/mol. The standard InChI is InChI=1S/C31H29N3O6.C3H8.C2H6/c1-21(32-24(19-35)16-29(36)37)18-34-28-15-9-8-14-25(28)26(23-12-6-3-7-13-23)17-27(30(34)38)33-31(39)40-20-22-10-4-2-5-11-22;1-3-2;1-2/h2-15,17,19,24,27,32H,1,16,18,20H2,(H,33,39)(H,36,37);3H2,1-2H3;1-2H3. The first-order valence-electron chi connectivity index (χ1n) is 15.0. The van der Waals surface area contributed by atoms with Crippen molar-refractivity contribution in [2.75, 3.05) is 11.4 Å². The van der Waals surface area contributed by atoms with E-state index in [0.717, 1.165) is 22.3 Å². The highest BCUT2D eigenvalue weighted by atomic mass is 16.5. The topological polar surface area (TPSA) is 125 Å². The number of nitrogens with one attached hydrogen (secondary N) is 2. The number of carboxylic acids is 1. The Hall–Kier alpha value is -5.18. The number of amides is 2. The van der Waals surface area contributed by atoms with Gasteiger partial charge >= 0.3 is 12.1 Å². The molecule has 0 aromatic heterocycles. The van der Waals surface area contributed by atoms with Gasteiger partial charge in [0, 0.05) is 11.3 Å². The van der Waals surface area contributed by atoms with Crippen molar-refractivity contribution in [3.8, 4) is 0 Å². The zero-order valence-electron chi connectivity index (χ0n) is 26.4. The molecule has 0 saturated carbocycles. The third-order valence-corrected chi connectivity index (χ3v) is 6.22. The van der Waals surface area contributed by atoms with Crippen LogP contribution in [0.5, 0.6) is 0 Å². The maximum absolute atomic E-state index is 13.9. The summed E-state index contributed by atoms with van der Waals surface area (Å²) in [7, 11) is 0. The van der Waals surface area contributed by atoms with Crippen LogP contribution in [-0.4, -0.2) is 48.0 Å². The number of carboxylic acid groups (broad SMARTS) is 1. The first kappa shape index (κ1) is 36.0. The van der Waals surface area contributed by atoms with Crippen LogP contribution < -0.4 is 15.5 Å². The van der Waals surface area contributed by atoms with Gasteiger partial charge in [0.15, 0.2) is 0 Å². The molecule has 9 heteroatoms. The molecule has 3 N–H and O–H groups in total. The molecule has 0 saturated heterocycles. The minimum atomic E-state index is -1.15. The minimum Gasteiger partial charge on any atom is -0.481 e. The summed E-state index contributed by atoms with van der Waals surface area (Å²) in [4.78, 5) is 50.7. The van der Waals surface area contributed by atoms with Crippen LogP contribution in [0.2, 0.25) is 0 Å².